The van der Waals surface area contributed by atoms with E-state index in [-0.39, 0.29) is 23.3 Å². The minimum absolute atomic E-state index is 0.0143. The number of nitrogens with zero attached hydrogens (tertiary/aromatic N) is 4. The molecule has 6 rings (SSSR count). The number of benzene rings is 1. The summed E-state index contributed by atoms with van der Waals surface area (Å²) in [7, 11) is 5.13. The highest BCUT2D eigenvalue weighted by molar-refractivity contribution is 7.20. The van der Waals surface area contributed by atoms with Crippen LogP contribution in [-0.4, -0.2) is 57.8 Å². The van der Waals surface area contributed by atoms with E-state index in [1.54, 1.807) is 42.9 Å². The Labute approximate surface area is 258 Å². The Balaban J connectivity index is 1.31. The molecule has 0 aliphatic heterocycles. The maximum absolute atomic E-state index is 13.7. The number of carbonyl (C=O) groups excluding carboxylic acids is 1. The van der Waals surface area contributed by atoms with Gasteiger partial charge in [-0.25, -0.2) is 9.78 Å². The van der Waals surface area contributed by atoms with E-state index < -0.39 is 5.97 Å². The predicted octanol–water partition coefficient (Wildman–Crippen LogP) is 4.91. The van der Waals surface area contributed by atoms with E-state index in [2.05, 4.69) is 11.9 Å². The van der Waals surface area contributed by atoms with Crippen molar-refractivity contribution in [2.75, 3.05) is 20.8 Å². The third kappa shape index (κ3) is 5.41. The number of ether oxygens (including phenoxy) is 2. The Morgan fingerprint density at radius 2 is 1.91 bits per heavy atom. The van der Waals surface area contributed by atoms with E-state index in [1.165, 1.54) is 35.9 Å². The lowest BCUT2D eigenvalue weighted by molar-refractivity contribution is 0.0602. The summed E-state index contributed by atoms with van der Waals surface area (Å²) >= 11 is 7.80. The third-order valence-corrected chi connectivity index (χ3v) is 10.1. The van der Waals surface area contributed by atoms with Crippen molar-refractivity contribution >= 4 is 39.0 Å². The molecule has 9 nitrogen and oxygen atoms in total. The average molecular weight is 623 g/mol. The van der Waals surface area contributed by atoms with Crippen LogP contribution in [-0.2, 0) is 31.2 Å². The first kappa shape index (κ1) is 29.6. The molecule has 1 saturated carbocycles. The van der Waals surface area contributed by atoms with Crippen LogP contribution in [0.1, 0.15) is 51.6 Å². The topological polar surface area (TPSA) is 95.7 Å². The van der Waals surface area contributed by atoms with Gasteiger partial charge in [0.2, 0.25) is 0 Å². The molecular formula is C32H35ClN4O5S. The van der Waals surface area contributed by atoms with Crippen LogP contribution in [0.25, 0.3) is 21.2 Å². The fourth-order valence-corrected chi connectivity index (χ4v) is 7.58. The van der Waals surface area contributed by atoms with Crippen molar-refractivity contribution in [1.82, 2.24) is 19.0 Å². The van der Waals surface area contributed by atoms with E-state index >= 15 is 0 Å². The van der Waals surface area contributed by atoms with Crippen molar-refractivity contribution < 1.29 is 14.3 Å². The fourth-order valence-electron chi connectivity index (χ4n) is 6.25. The monoisotopic (exact) mass is 622 g/mol. The van der Waals surface area contributed by atoms with Gasteiger partial charge >= 0.3 is 5.97 Å². The first-order chi connectivity index (χ1) is 20.6. The maximum Gasteiger partial charge on any atom is 0.339 e. The number of hydrogen-bond acceptors (Lipinski definition) is 8. The molecule has 11 heteroatoms. The van der Waals surface area contributed by atoms with Crippen LogP contribution in [0.3, 0.4) is 0 Å². The second-order valence-electron chi connectivity index (χ2n) is 11.5. The normalized spacial score (nSPS) is 16.5. The Bertz CT molecular complexity index is 1870. The minimum Gasteiger partial charge on any atom is -0.491 e. The van der Waals surface area contributed by atoms with E-state index in [0.717, 1.165) is 30.5 Å². The number of halogens is 1. The van der Waals surface area contributed by atoms with Gasteiger partial charge in [-0.1, -0.05) is 11.6 Å². The van der Waals surface area contributed by atoms with Crippen LogP contribution in [0.5, 0.6) is 5.75 Å². The van der Waals surface area contributed by atoms with Crippen LogP contribution in [0.2, 0.25) is 5.02 Å². The van der Waals surface area contributed by atoms with E-state index in [0.29, 0.717) is 61.3 Å². The van der Waals surface area contributed by atoms with Crippen molar-refractivity contribution in [3.05, 3.63) is 77.6 Å². The predicted molar refractivity (Wildman–Crippen MR) is 169 cm³/mol. The lowest BCUT2D eigenvalue weighted by Gasteiger charge is -2.32. The maximum atomic E-state index is 13.7. The molecule has 3 heterocycles. The molecule has 0 unspecified atom stereocenters. The summed E-state index contributed by atoms with van der Waals surface area (Å²) in [6.07, 6.45) is 6.80. The van der Waals surface area contributed by atoms with Gasteiger partial charge in [-0.2, -0.15) is 0 Å². The molecule has 2 aliphatic rings. The van der Waals surface area contributed by atoms with Crippen molar-refractivity contribution in [1.29, 1.82) is 0 Å². The van der Waals surface area contributed by atoms with Gasteiger partial charge < -0.3 is 18.9 Å². The molecule has 0 amide bonds. The van der Waals surface area contributed by atoms with Crippen molar-refractivity contribution in [3.8, 4) is 16.9 Å². The van der Waals surface area contributed by atoms with Crippen LogP contribution in [0.15, 0.2) is 34.0 Å². The molecule has 1 aromatic carbocycles. The zero-order valence-corrected chi connectivity index (χ0v) is 26.6. The lowest BCUT2D eigenvalue weighted by Crippen LogP contribution is -2.42. The highest BCUT2D eigenvalue weighted by atomic mass is 35.5. The van der Waals surface area contributed by atoms with Crippen LogP contribution in [0.4, 0.5) is 0 Å². The van der Waals surface area contributed by atoms with Gasteiger partial charge in [-0.3, -0.25) is 14.2 Å². The molecule has 0 radical (unpaired) electrons. The van der Waals surface area contributed by atoms with Crippen LogP contribution >= 0.6 is 22.9 Å². The number of pyridine rings is 1. The standard InChI is InChI=1S/C32H35ClN4O5S/c1-17-27(32(40)41-5)28-29(43-17)24(16-35(3)31(28)39)22-14-19(33)6-11-26(22)42-13-12-37-18(2)34-25-10-9-21(15-23(25)30(37)38)36(4)20-7-8-20/h6,11,14,16,20-21H,7-10,12-13,15H2,1-5H3/t21-/m1/s1. The first-order valence-electron chi connectivity index (χ1n) is 14.5. The largest absolute Gasteiger partial charge is 0.491 e. The summed E-state index contributed by atoms with van der Waals surface area (Å²) < 4.78 is 15.1. The van der Waals surface area contributed by atoms with Gasteiger partial charge in [0, 0.05) is 51.9 Å². The molecule has 0 bridgehead atoms. The van der Waals surface area contributed by atoms with Crippen molar-refractivity contribution in [2.45, 2.75) is 64.6 Å². The number of aromatic nitrogens is 3. The summed E-state index contributed by atoms with van der Waals surface area (Å²) in [6, 6.07) is 6.34. The molecule has 1 atom stereocenters. The molecule has 0 saturated heterocycles. The minimum atomic E-state index is -0.550. The smallest absolute Gasteiger partial charge is 0.339 e. The van der Waals surface area contributed by atoms with Crippen molar-refractivity contribution in [2.24, 2.45) is 7.05 Å². The molecule has 1 fully saturated rings. The third-order valence-electron chi connectivity index (χ3n) is 8.77. The van der Waals surface area contributed by atoms with E-state index in [4.69, 9.17) is 26.1 Å². The Kier molecular flexibility index (Phi) is 7.95. The Morgan fingerprint density at radius 1 is 1.14 bits per heavy atom. The second-order valence-corrected chi connectivity index (χ2v) is 13.2. The quantitative estimate of drug-likeness (QED) is 0.258. The summed E-state index contributed by atoms with van der Waals surface area (Å²) in [5.41, 5.74) is 3.15. The average Bonchev–Trinajstić information content (AvgIpc) is 3.78. The number of likely N-dealkylation sites (N-methyl/N-ethyl adjacent to an activating group) is 1. The van der Waals surface area contributed by atoms with Crippen molar-refractivity contribution in [3.63, 3.8) is 0 Å². The van der Waals surface area contributed by atoms with Gasteiger partial charge in [0.25, 0.3) is 11.1 Å². The highest BCUT2D eigenvalue weighted by Crippen LogP contribution is 2.41. The fraction of sp³-hybridized carbons (Fsp3) is 0.438. The van der Waals surface area contributed by atoms with E-state index in [9.17, 15) is 14.4 Å². The molecule has 0 spiro atoms. The highest BCUT2D eigenvalue weighted by Gasteiger charge is 2.34. The zero-order valence-electron chi connectivity index (χ0n) is 25.0. The van der Waals surface area contributed by atoms with Gasteiger partial charge in [0.05, 0.1) is 35.0 Å². The van der Waals surface area contributed by atoms with Gasteiger partial charge in [0.1, 0.15) is 18.2 Å². The van der Waals surface area contributed by atoms with Crippen LogP contribution in [0, 0.1) is 13.8 Å². The van der Waals surface area contributed by atoms with Gasteiger partial charge in [-0.15, -0.1) is 11.3 Å². The molecule has 2 aliphatic carbocycles. The lowest BCUT2D eigenvalue weighted by atomic mass is 9.91. The molecule has 226 valence electrons. The van der Waals surface area contributed by atoms with Gasteiger partial charge in [0.15, 0.2) is 0 Å². The summed E-state index contributed by atoms with van der Waals surface area (Å²) in [4.78, 5) is 47.4. The number of fused-ring (bicyclic) bond motifs is 2. The summed E-state index contributed by atoms with van der Waals surface area (Å²) in [6.45, 7) is 4.24. The molecular weight excluding hydrogens is 588 g/mol. The number of esters is 1. The Morgan fingerprint density at radius 3 is 2.63 bits per heavy atom. The van der Waals surface area contributed by atoms with Gasteiger partial charge in [-0.05, 0) is 71.2 Å². The molecule has 4 aromatic rings. The zero-order chi connectivity index (χ0) is 30.6. The number of aryl methyl sites for hydroxylation is 4. The second kappa shape index (κ2) is 11.6. The number of rotatable bonds is 8. The Hall–Kier alpha value is -3.47. The van der Waals surface area contributed by atoms with E-state index in [1.807, 2.05) is 6.92 Å². The van der Waals surface area contributed by atoms with Crippen LogP contribution < -0.4 is 15.9 Å². The molecule has 3 aromatic heterocycles. The SMILES string of the molecule is COC(=O)c1c(C)sc2c(-c3cc(Cl)ccc3OCCn3c(C)nc4c(c3=O)C[C@H](N(C)C3CC3)CC4)cn(C)c(=O)c12. The number of methoxy groups -OCH3 is 1. The number of hydrogen-bond donors (Lipinski definition) is 0. The molecule has 43 heavy (non-hydrogen) atoms. The summed E-state index contributed by atoms with van der Waals surface area (Å²) in [5, 5.41) is 0.815. The molecule has 0 N–H and O–H groups in total. The number of carbonyl (C=O) groups is 1. The first-order valence-corrected chi connectivity index (χ1v) is 15.7. The number of thiophene rings is 1. The summed E-state index contributed by atoms with van der Waals surface area (Å²) in [5.74, 6) is 0.685.